The number of nitrogens with one attached hydrogen (secondary N) is 2. The first kappa shape index (κ1) is 15.8. The van der Waals surface area contributed by atoms with Gasteiger partial charge in [-0.2, -0.15) is 5.10 Å². The predicted octanol–water partition coefficient (Wildman–Crippen LogP) is 3.96. The molecule has 3 aromatic rings. The lowest BCUT2D eigenvalue weighted by Gasteiger charge is -2.10. The predicted molar refractivity (Wildman–Crippen MR) is 94.3 cm³/mol. The Bertz CT molecular complexity index is 892. The fraction of sp³-hybridized carbons (Fsp3) is 0.158. The quantitative estimate of drug-likeness (QED) is 0.683. The van der Waals surface area contributed by atoms with Crippen molar-refractivity contribution in [2.24, 2.45) is 0 Å². The second-order valence-corrected chi connectivity index (χ2v) is 5.91. The average Bonchev–Trinajstić information content (AvgIpc) is 3.00. The zero-order valence-corrected chi connectivity index (χ0v) is 13.8. The summed E-state index contributed by atoms with van der Waals surface area (Å²) in [5.74, 6) is -0.124. The van der Waals surface area contributed by atoms with Crippen LogP contribution in [0.4, 0.5) is 5.69 Å². The number of aromatic amines is 1. The largest absolute Gasteiger partial charge is 0.507 e. The summed E-state index contributed by atoms with van der Waals surface area (Å²) in [5, 5.41) is 19.8. The normalized spacial score (nSPS) is 10.6. The van der Waals surface area contributed by atoms with Gasteiger partial charge in [0.15, 0.2) is 0 Å². The molecule has 5 nitrogen and oxygen atoms in total. The Labute approximate surface area is 140 Å². The van der Waals surface area contributed by atoms with Gasteiger partial charge in [-0.15, -0.1) is 0 Å². The topological polar surface area (TPSA) is 78.0 Å². The zero-order valence-electron chi connectivity index (χ0n) is 13.8. The molecule has 2 aromatic carbocycles. The molecule has 0 bridgehead atoms. The van der Waals surface area contributed by atoms with Crippen LogP contribution in [0.25, 0.3) is 11.3 Å². The minimum Gasteiger partial charge on any atom is -0.507 e. The van der Waals surface area contributed by atoms with E-state index in [0.717, 1.165) is 22.4 Å². The molecule has 0 saturated heterocycles. The Morgan fingerprint density at radius 1 is 1.08 bits per heavy atom. The number of carbonyl (C=O) groups is 1. The van der Waals surface area contributed by atoms with Crippen LogP contribution in [0.1, 0.15) is 27.2 Å². The van der Waals surface area contributed by atoms with Gasteiger partial charge in [0.2, 0.25) is 0 Å². The van der Waals surface area contributed by atoms with Crippen LogP contribution < -0.4 is 5.32 Å². The molecule has 1 amide bonds. The molecule has 0 fully saturated rings. The average molecular weight is 321 g/mol. The van der Waals surface area contributed by atoms with Crippen molar-refractivity contribution in [2.45, 2.75) is 20.8 Å². The number of rotatable bonds is 3. The molecular weight excluding hydrogens is 302 g/mol. The first-order chi connectivity index (χ1) is 11.5. The molecular formula is C19H19N3O2. The molecule has 3 rings (SSSR count). The number of benzene rings is 2. The van der Waals surface area contributed by atoms with Gasteiger partial charge in [0.05, 0.1) is 5.69 Å². The van der Waals surface area contributed by atoms with Crippen molar-refractivity contribution in [3.8, 4) is 17.0 Å². The molecule has 122 valence electrons. The summed E-state index contributed by atoms with van der Waals surface area (Å²) in [6.07, 6.45) is 0. The Balaban J connectivity index is 1.86. The van der Waals surface area contributed by atoms with Crippen LogP contribution in [0, 0.1) is 20.8 Å². The molecule has 0 unspecified atom stereocenters. The van der Waals surface area contributed by atoms with E-state index in [1.54, 1.807) is 18.2 Å². The fourth-order valence-electron chi connectivity index (χ4n) is 2.63. The maximum atomic E-state index is 12.5. The second-order valence-electron chi connectivity index (χ2n) is 5.91. The molecule has 0 aliphatic heterocycles. The van der Waals surface area contributed by atoms with E-state index in [-0.39, 0.29) is 11.7 Å². The first-order valence-electron chi connectivity index (χ1n) is 7.68. The van der Waals surface area contributed by atoms with Crippen LogP contribution in [0.2, 0.25) is 0 Å². The maximum Gasteiger partial charge on any atom is 0.273 e. The molecule has 1 heterocycles. The van der Waals surface area contributed by atoms with E-state index < -0.39 is 0 Å². The highest BCUT2D eigenvalue weighted by molar-refractivity contribution is 6.04. The monoisotopic (exact) mass is 321 g/mol. The molecule has 0 radical (unpaired) electrons. The van der Waals surface area contributed by atoms with Gasteiger partial charge in [0.25, 0.3) is 5.91 Å². The van der Waals surface area contributed by atoms with Crippen LogP contribution in [0.3, 0.4) is 0 Å². The Morgan fingerprint density at radius 3 is 2.46 bits per heavy atom. The molecule has 0 saturated carbocycles. The summed E-state index contributed by atoms with van der Waals surface area (Å²) in [6.45, 7) is 5.80. The number of phenolic OH excluding ortho intramolecular Hbond substituents is 1. The standard InChI is InChI=1S/C19H19N3O2/c1-11-7-8-14(17(23)9-11)15-10-16(22-21-15)19(24)20-18-12(2)5-4-6-13(18)3/h4-10,23H,1-3H3,(H,20,24)(H,21,22). The van der Waals surface area contributed by atoms with Gasteiger partial charge in [-0.1, -0.05) is 24.3 Å². The Kier molecular flexibility index (Phi) is 4.08. The summed E-state index contributed by atoms with van der Waals surface area (Å²) < 4.78 is 0. The molecule has 1 aromatic heterocycles. The lowest BCUT2D eigenvalue weighted by molar-refractivity contribution is 0.102. The summed E-state index contributed by atoms with van der Waals surface area (Å²) in [6, 6.07) is 12.8. The lowest BCUT2D eigenvalue weighted by atomic mass is 10.1. The minimum atomic E-state index is -0.266. The summed E-state index contributed by atoms with van der Waals surface area (Å²) >= 11 is 0. The number of hydrogen-bond donors (Lipinski definition) is 3. The van der Waals surface area contributed by atoms with Crippen molar-refractivity contribution < 1.29 is 9.90 Å². The van der Waals surface area contributed by atoms with Gasteiger partial charge in [-0.3, -0.25) is 9.89 Å². The number of amides is 1. The molecule has 0 aliphatic carbocycles. The number of aryl methyl sites for hydroxylation is 3. The van der Waals surface area contributed by atoms with Crippen molar-refractivity contribution in [1.29, 1.82) is 0 Å². The summed E-state index contributed by atoms with van der Waals surface area (Å²) in [7, 11) is 0. The van der Waals surface area contributed by atoms with E-state index in [0.29, 0.717) is 17.0 Å². The number of anilines is 1. The van der Waals surface area contributed by atoms with Crippen molar-refractivity contribution >= 4 is 11.6 Å². The Morgan fingerprint density at radius 2 is 1.79 bits per heavy atom. The van der Waals surface area contributed by atoms with Crippen molar-refractivity contribution in [3.05, 3.63) is 64.8 Å². The number of para-hydroxylation sites is 1. The van der Waals surface area contributed by atoms with Gasteiger partial charge in [-0.05, 0) is 55.7 Å². The van der Waals surface area contributed by atoms with E-state index in [2.05, 4.69) is 15.5 Å². The minimum absolute atomic E-state index is 0.142. The van der Waals surface area contributed by atoms with Crippen LogP contribution in [0.5, 0.6) is 5.75 Å². The molecule has 5 heteroatoms. The van der Waals surface area contributed by atoms with Crippen molar-refractivity contribution in [1.82, 2.24) is 10.2 Å². The zero-order chi connectivity index (χ0) is 17.3. The molecule has 24 heavy (non-hydrogen) atoms. The highest BCUT2D eigenvalue weighted by Gasteiger charge is 2.15. The van der Waals surface area contributed by atoms with Gasteiger partial charge in [0, 0.05) is 11.3 Å². The van der Waals surface area contributed by atoms with Crippen LogP contribution in [0.15, 0.2) is 42.5 Å². The molecule has 0 spiro atoms. The number of carbonyl (C=O) groups excluding carboxylic acids is 1. The summed E-state index contributed by atoms with van der Waals surface area (Å²) in [5.41, 5.74) is 5.21. The molecule has 0 aliphatic rings. The van der Waals surface area contributed by atoms with Gasteiger partial charge in [-0.25, -0.2) is 0 Å². The highest BCUT2D eigenvalue weighted by atomic mass is 16.3. The fourth-order valence-corrected chi connectivity index (χ4v) is 2.63. The number of aromatic nitrogens is 2. The number of nitrogens with zero attached hydrogens (tertiary/aromatic N) is 1. The lowest BCUT2D eigenvalue weighted by Crippen LogP contribution is -2.14. The van der Waals surface area contributed by atoms with E-state index in [1.165, 1.54) is 0 Å². The number of hydrogen-bond acceptors (Lipinski definition) is 3. The highest BCUT2D eigenvalue weighted by Crippen LogP contribution is 2.29. The third-order valence-corrected chi connectivity index (χ3v) is 3.97. The van der Waals surface area contributed by atoms with Crippen LogP contribution in [-0.2, 0) is 0 Å². The van der Waals surface area contributed by atoms with Gasteiger partial charge >= 0.3 is 0 Å². The third kappa shape index (κ3) is 3.01. The number of aromatic hydroxyl groups is 1. The summed E-state index contributed by atoms with van der Waals surface area (Å²) in [4.78, 5) is 12.5. The molecule has 0 atom stereocenters. The van der Waals surface area contributed by atoms with Crippen LogP contribution in [-0.4, -0.2) is 21.2 Å². The third-order valence-electron chi connectivity index (χ3n) is 3.97. The van der Waals surface area contributed by atoms with Crippen molar-refractivity contribution in [2.75, 3.05) is 5.32 Å². The number of H-pyrrole nitrogens is 1. The van der Waals surface area contributed by atoms with Gasteiger partial charge < -0.3 is 10.4 Å². The van der Waals surface area contributed by atoms with Gasteiger partial charge in [0.1, 0.15) is 11.4 Å². The maximum absolute atomic E-state index is 12.5. The first-order valence-corrected chi connectivity index (χ1v) is 7.68. The second kappa shape index (κ2) is 6.20. The SMILES string of the molecule is Cc1ccc(-c2cc(C(=O)Nc3c(C)cccc3C)[nH]n2)c(O)c1. The molecule has 3 N–H and O–H groups in total. The van der Waals surface area contributed by atoms with E-state index in [9.17, 15) is 9.90 Å². The van der Waals surface area contributed by atoms with Crippen LogP contribution >= 0.6 is 0 Å². The van der Waals surface area contributed by atoms with E-state index in [4.69, 9.17) is 0 Å². The van der Waals surface area contributed by atoms with E-state index in [1.807, 2.05) is 45.0 Å². The smallest absolute Gasteiger partial charge is 0.273 e. The Hall–Kier alpha value is -3.08. The van der Waals surface area contributed by atoms with Crippen molar-refractivity contribution in [3.63, 3.8) is 0 Å². The van der Waals surface area contributed by atoms with E-state index >= 15 is 0 Å². The number of phenols is 1.